The monoisotopic (exact) mass is 370 g/mol. The summed E-state index contributed by atoms with van der Waals surface area (Å²) in [7, 11) is 0. The van der Waals surface area contributed by atoms with E-state index in [0.29, 0.717) is 0 Å². The third-order valence-corrected chi connectivity index (χ3v) is 3.84. The van der Waals surface area contributed by atoms with Crippen molar-refractivity contribution in [3.05, 3.63) is 60.2 Å². The van der Waals surface area contributed by atoms with Crippen LogP contribution in [0.25, 0.3) is 0 Å². The third-order valence-electron chi connectivity index (χ3n) is 3.84. The van der Waals surface area contributed by atoms with Crippen LogP contribution in [0.15, 0.2) is 48.8 Å². The van der Waals surface area contributed by atoms with Crippen LogP contribution in [-0.4, -0.2) is 0 Å². The summed E-state index contributed by atoms with van der Waals surface area (Å²) < 4.78 is 4.59. The maximum Gasteiger partial charge on any atom is 0.178 e. The van der Waals surface area contributed by atoms with Crippen molar-refractivity contribution in [3.63, 3.8) is 0 Å². The van der Waals surface area contributed by atoms with Gasteiger partial charge in [-0.15, -0.1) is 0 Å². The van der Waals surface area contributed by atoms with Crippen molar-refractivity contribution in [2.45, 2.75) is 66.5 Å². The Bertz CT molecular complexity index is 495. The summed E-state index contributed by atoms with van der Waals surface area (Å²) in [5.41, 5.74) is 2.70. The zero-order valence-electron chi connectivity index (χ0n) is 15.5. The lowest BCUT2D eigenvalue weighted by molar-refractivity contribution is -0.703. The molecule has 2 heterocycles. The summed E-state index contributed by atoms with van der Waals surface area (Å²) in [5.74, 6) is 0. The van der Waals surface area contributed by atoms with Gasteiger partial charge in [-0.1, -0.05) is 38.8 Å². The van der Waals surface area contributed by atoms with Crippen LogP contribution in [0.5, 0.6) is 0 Å². The van der Waals surface area contributed by atoms with Crippen LogP contribution >= 0.6 is 0 Å². The van der Waals surface area contributed by atoms with Gasteiger partial charge in [-0.2, -0.15) is 0 Å². The third kappa shape index (κ3) is 9.89. The van der Waals surface area contributed by atoms with Gasteiger partial charge >= 0.3 is 0 Å². The van der Waals surface area contributed by atoms with Gasteiger partial charge in [0.05, 0.1) is 0 Å². The maximum atomic E-state index is 2.30. The molecule has 0 N–H and O–H groups in total. The molecule has 0 unspecified atom stereocenters. The van der Waals surface area contributed by atoms with E-state index < -0.39 is 0 Å². The molecule has 0 aromatic carbocycles. The topological polar surface area (TPSA) is 7.76 Å². The van der Waals surface area contributed by atoms with Gasteiger partial charge in [0.1, 0.15) is 13.1 Å². The second-order valence-electron chi connectivity index (χ2n) is 5.78. The van der Waals surface area contributed by atoms with Gasteiger partial charge in [-0.3, -0.25) is 0 Å². The summed E-state index contributed by atoms with van der Waals surface area (Å²) in [6, 6.07) is 12.6. The van der Waals surface area contributed by atoms with Gasteiger partial charge in [0.2, 0.25) is 0 Å². The zero-order chi connectivity index (χ0) is 16.2. The molecule has 2 aromatic heterocycles. The smallest absolute Gasteiger partial charge is 0.178 e. The molecule has 0 aliphatic rings. The first-order valence-corrected chi connectivity index (χ1v) is 8.59. The molecule has 2 rings (SSSR count). The molecule has 2 aromatic rings. The number of nitrogens with zero attached hydrogens (tertiary/aromatic N) is 2. The molecule has 136 valence electrons. The Kier molecular flexibility index (Phi) is 16.1. The number of rotatable bonds is 6. The highest BCUT2D eigenvalue weighted by atomic mass is 35.5. The Morgan fingerprint density at radius 2 is 1.04 bits per heavy atom. The lowest BCUT2D eigenvalue weighted by Gasteiger charge is -1.97. The zero-order valence-corrected chi connectivity index (χ0v) is 17.0. The summed E-state index contributed by atoms with van der Waals surface area (Å²) >= 11 is 0. The number of aromatic nitrogens is 2. The van der Waals surface area contributed by atoms with E-state index in [1.165, 1.54) is 37.1 Å². The number of halogens is 2. The van der Waals surface area contributed by atoms with Crippen molar-refractivity contribution in [2.75, 3.05) is 0 Å². The van der Waals surface area contributed by atoms with E-state index in [9.17, 15) is 0 Å². The molecule has 0 bridgehead atoms. The molecule has 0 spiro atoms. The summed E-state index contributed by atoms with van der Waals surface area (Å²) in [5, 5.41) is 0. The molecule has 0 radical (unpaired) electrons. The first-order valence-electron chi connectivity index (χ1n) is 8.59. The van der Waals surface area contributed by atoms with Crippen molar-refractivity contribution < 1.29 is 33.9 Å². The summed E-state index contributed by atoms with van der Waals surface area (Å²) in [6.45, 7) is 11.1. The van der Waals surface area contributed by atoms with Crippen molar-refractivity contribution in [1.82, 2.24) is 0 Å². The van der Waals surface area contributed by atoms with Crippen LogP contribution in [0, 0.1) is 13.8 Å². The SMILES string of the molecule is CCCC[n+]1ccccc1C.CCCC[n+]1ccccc1C.[Cl-].[Cl-]. The van der Waals surface area contributed by atoms with Gasteiger partial charge in [0.15, 0.2) is 23.8 Å². The molecule has 0 atom stereocenters. The van der Waals surface area contributed by atoms with E-state index in [1.54, 1.807) is 0 Å². The molecular weight excluding hydrogens is 339 g/mol. The lowest BCUT2D eigenvalue weighted by Crippen LogP contribution is -3.00. The lowest BCUT2D eigenvalue weighted by atomic mass is 10.3. The van der Waals surface area contributed by atoms with E-state index in [0.717, 1.165) is 13.1 Å². The minimum absolute atomic E-state index is 0. The molecule has 0 fully saturated rings. The van der Waals surface area contributed by atoms with E-state index >= 15 is 0 Å². The molecule has 0 saturated carbocycles. The molecule has 0 aliphatic carbocycles. The van der Waals surface area contributed by atoms with E-state index in [2.05, 4.69) is 85.6 Å². The Morgan fingerprint density at radius 3 is 1.33 bits per heavy atom. The Labute approximate surface area is 160 Å². The normalized spacial score (nSPS) is 9.17. The molecule has 0 aliphatic heterocycles. The van der Waals surface area contributed by atoms with Crippen LogP contribution in [0.3, 0.4) is 0 Å². The van der Waals surface area contributed by atoms with Gasteiger partial charge < -0.3 is 24.8 Å². The van der Waals surface area contributed by atoms with Crippen molar-refractivity contribution in [2.24, 2.45) is 0 Å². The molecule has 0 saturated heterocycles. The number of pyridine rings is 2. The molecule has 4 heteroatoms. The number of hydrogen-bond donors (Lipinski definition) is 0. The fraction of sp³-hybridized carbons (Fsp3) is 0.500. The molecule has 24 heavy (non-hydrogen) atoms. The minimum atomic E-state index is 0. The second-order valence-corrected chi connectivity index (χ2v) is 5.78. The predicted octanol–water partition coefficient (Wildman–Crippen LogP) is -1.83. The van der Waals surface area contributed by atoms with Gasteiger partial charge in [-0.05, 0) is 0 Å². The highest BCUT2D eigenvalue weighted by Crippen LogP contribution is 1.92. The number of hydrogen-bond acceptors (Lipinski definition) is 0. The minimum Gasteiger partial charge on any atom is -1.00 e. The number of aryl methyl sites for hydroxylation is 4. The van der Waals surface area contributed by atoms with Gasteiger partial charge in [0.25, 0.3) is 0 Å². The second kappa shape index (κ2) is 15.4. The highest BCUT2D eigenvalue weighted by molar-refractivity contribution is 4.94. The summed E-state index contributed by atoms with van der Waals surface area (Å²) in [6.07, 6.45) is 9.36. The molecule has 2 nitrogen and oxygen atoms in total. The Hall–Kier alpha value is -1.12. The van der Waals surface area contributed by atoms with Crippen molar-refractivity contribution in [1.29, 1.82) is 0 Å². The molecular formula is C20H32Cl2N2. The van der Waals surface area contributed by atoms with Crippen molar-refractivity contribution >= 4 is 0 Å². The average Bonchev–Trinajstić information content (AvgIpc) is 2.54. The Morgan fingerprint density at radius 1 is 0.667 bits per heavy atom. The van der Waals surface area contributed by atoms with Crippen LogP contribution in [0.2, 0.25) is 0 Å². The van der Waals surface area contributed by atoms with E-state index in [1.807, 2.05) is 0 Å². The fourth-order valence-corrected chi connectivity index (χ4v) is 2.28. The largest absolute Gasteiger partial charge is 1.00 e. The first kappa shape index (κ1) is 25.1. The van der Waals surface area contributed by atoms with Crippen LogP contribution in [0.1, 0.15) is 50.9 Å². The van der Waals surface area contributed by atoms with Gasteiger partial charge in [0, 0.05) is 51.0 Å². The molecule has 0 amide bonds. The predicted molar refractivity (Wildman–Crippen MR) is 92.6 cm³/mol. The Balaban J connectivity index is 0. The average molecular weight is 371 g/mol. The standard InChI is InChI=1S/2C10H16N.2ClH/c2*1-3-4-8-11-9-6-5-7-10(11)2;;/h2*5-7,9H,3-4,8H2,1-2H3;2*1H/q2*+1;;/p-2. The van der Waals surface area contributed by atoms with Crippen LogP contribution < -0.4 is 33.9 Å². The van der Waals surface area contributed by atoms with Gasteiger partial charge in [-0.25, -0.2) is 9.13 Å². The van der Waals surface area contributed by atoms with Crippen LogP contribution in [-0.2, 0) is 13.1 Å². The van der Waals surface area contributed by atoms with E-state index in [4.69, 9.17) is 0 Å². The number of unbranched alkanes of at least 4 members (excludes halogenated alkanes) is 2. The summed E-state index contributed by atoms with van der Waals surface area (Å²) in [4.78, 5) is 0. The first-order chi connectivity index (χ1) is 10.7. The maximum absolute atomic E-state index is 2.30. The fourth-order valence-electron chi connectivity index (χ4n) is 2.28. The van der Waals surface area contributed by atoms with Crippen LogP contribution in [0.4, 0.5) is 0 Å². The quantitative estimate of drug-likeness (QED) is 0.528. The highest BCUT2D eigenvalue weighted by Gasteiger charge is 2.01. The van der Waals surface area contributed by atoms with Crippen molar-refractivity contribution in [3.8, 4) is 0 Å². The van der Waals surface area contributed by atoms with E-state index in [-0.39, 0.29) is 24.8 Å².